The van der Waals surface area contributed by atoms with Crippen LogP contribution in [0.4, 0.5) is 5.69 Å². The molecule has 0 aromatic carbocycles. The van der Waals surface area contributed by atoms with Crippen LogP contribution in [0.2, 0.25) is 0 Å². The molecule has 1 fully saturated rings. The molecule has 1 aromatic rings. The average molecular weight is 251 g/mol. The Hall–Kier alpha value is -1.40. The lowest BCUT2D eigenvalue weighted by molar-refractivity contribution is 0.312. The highest BCUT2D eigenvalue weighted by molar-refractivity contribution is 5.43. The fourth-order valence-corrected chi connectivity index (χ4v) is 2.07. The van der Waals surface area contributed by atoms with Crippen LogP contribution < -0.4 is 16.2 Å². The summed E-state index contributed by atoms with van der Waals surface area (Å²) in [5.74, 6) is 0. The number of aromatic nitrogens is 2. The Balaban J connectivity index is 2.11. The summed E-state index contributed by atoms with van der Waals surface area (Å²) >= 11 is 0. The molecule has 18 heavy (non-hydrogen) atoms. The molecule has 1 aliphatic rings. The van der Waals surface area contributed by atoms with Crippen molar-refractivity contribution in [3.05, 3.63) is 22.6 Å². The molecule has 0 spiro atoms. The van der Waals surface area contributed by atoms with Gasteiger partial charge in [-0.15, -0.1) is 0 Å². The quantitative estimate of drug-likeness (QED) is 0.772. The van der Waals surface area contributed by atoms with E-state index in [-0.39, 0.29) is 11.6 Å². The van der Waals surface area contributed by atoms with Crippen LogP contribution in [0.15, 0.2) is 17.1 Å². The van der Waals surface area contributed by atoms with Gasteiger partial charge in [-0.3, -0.25) is 4.79 Å². The van der Waals surface area contributed by atoms with Gasteiger partial charge < -0.3 is 15.5 Å². The summed E-state index contributed by atoms with van der Waals surface area (Å²) in [4.78, 5) is 16.4. The minimum Gasteiger partial charge on any atom is -0.368 e. The zero-order valence-corrected chi connectivity index (χ0v) is 11.0. The number of hydrogen-bond donors (Lipinski definition) is 1. The summed E-state index contributed by atoms with van der Waals surface area (Å²) in [5, 5.41) is 4.18. The summed E-state index contributed by atoms with van der Waals surface area (Å²) in [6.07, 6.45) is 1.76. The maximum atomic E-state index is 11.9. The lowest BCUT2D eigenvalue weighted by Gasteiger charge is -2.33. The maximum Gasteiger partial charge on any atom is 0.268 e. The first-order valence-electron chi connectivity index (χ1n) is 6.32. The lowest BCUT2D eigenvalue weighted by atomic mass is 10.3. The number of rotatable bonds is 3. The van der Waals surface area contributed by atoms with E-state index in [1.165, 1.54) is 4.68 Å². The van der Waals surface area contributed by atoms with Crippen LogP contribution in [0.5, 0.6) is 0 Å². The number of piperazine rings is 1. The molecular formula is C12H21N5O. The largest absolute Gasteiger partial charge is 0.368 e. The fourth-order valence-electron chi connectivity index (χ4n) is 2.07. The van der Waals surface area contributed by atoms with E-state index in [0.29, 0.717) is 6.54 Å². The van der Waals surface area contributed by atoms with Crippen molar-refractivity contribution >= 4 is 5.69 Å². The average Bonchev–Trinajstić information content (AvgIpc) is 2.32. The van der Waals surface area contributed by atoms with Gasteiger partial charge >= 0.3 is 0 Å². The molecule has 0 saturated carbocycles. The van der Waals surface area contributed by atoms with Crippen molar-refractivity contribution in [3.63, 3.8) is 0 Å². The zero-order valence-electron chi connectivity index (χ0n) is 11.0. The Morgan fingerprint density at radius 2 is 2.06 bits per heavy atom. The van der Waals surface area contributed by atoms with Crippen molar-refractivity contribution in [2.45, 2.75) is 19.5 Å². The van der Waals surface area contributed by atoms with E-state index >= 15 is 0 Å². The molecule has 0 aliphatic carbocycles. The first-order chi connectivity index (χ1) is 8.56. The molecule has 2 heterocycles. The van der Waals surface area contributed by atoms with Crippen molar-refractivity contribution < 1.29 is 0 Å². The Morgan fingerprint density at radius 1 is 1.39 bits per heavy atom. The van der Waals surface area contributed by atoms with E-state index in [0.717, 1.165) is 31.9 Å². The molecule has 1 saturated heterocycles. The van der Waals surface area contributed by atoms with Crippen LogP contribution >= 0.6 is 0 Å². The Bertz CT molecular complexity index is 448. The van der Waals surface area contributed by atoms with Crippen molar-refractivity contribution in [3.8, 4) is 0 Å². The molecule has 2 N–H and O–H groups in total. The molecule has 1 aromatic heterocycles. The summed E-state index contributed by atoms with van der Waals surface area (Å²) < 4.78 is 1.42. The molecule has 0 amide bonds. The van der Waals surface area contributed by atoms with Crippen LogP contribution in [-0.2, 0) is 6.54 Å². The molecule has 1 aliphatic heterocycles. The summed E-state index contributed by atoms with van der Waals surface area (Å²) in [6, 6.07) is 1.59. The van der Waals surface area contributed by atoms with Gasteiger partial charge in [-0.1, -0.05) is 0 Å². The minimum absolute atomic E-state index is 0.0651. The van der Waals surface area contributed by atoms with Gasteiger partial charge in [0.2, 0.25) is 0 Å². The molecule has 1 atom stereocenters. The summed E-state index contributed by atoms with van der Waals surface area (Å²) in [6.45, 7) is 6.24. The van der Waals surface area contributed by atoms with E-state index in [2.05, 4.69) is 21.9 Å². The van der Waals surface area contributed by atoms with Crippen LogP contribution in [-0.4, -0.2) is 53.9 Å². The molecular weight excluding hydrogens is 230 g/mol. The molecule has 2 rings (SSSR count). The van der Waals surface area contributed by atoms with Crippen molar-refractivity contribution in [1.29, 1.82) is 0 Å². The van der Waals surface area contributed by atoms with Crippen molar-refractivity contribution in [2.75, 3.05) is 38.1 Å². The lowest BCUT2D eigenvalue weighted by Crippen LogP contribution is -2.45. The summed E-state index contributed by atoms with van der Waals surface area (Å²) in [7, 11) is 2.11. The third-order valence-electron chi connectivity index (χ3n) is 3.18. The van der Waals surface area contributed by atoms with Gasteiger partial charge in [0.25, 0.3) is 5.56 Å². The van der Waals surface area contributed by atoms with E-state index in [9.17, 15) is 4.79 Å². The number of hydrogen-bond acceptors (Lipinski definition) is 5. The van der Waals surface area contributed by atoms with E-state index < -0.39 is 0 Å². The molecule has 6 heteroatoms. The van der Waals surface area contributed by atoms with Gasteiger partial charge in [0.1, 0.15) is 0 Å². The highest BCUT2D eigenvalue weighted by atomic mass is 16.1. The normalized spacial score (nSPS) is 18.9. The molecule has 0 unspecified atom stereocenters. The topological polar surface area (TPSA) is 67.4 Å². The second-order valence-electron chi connectivity index (χ2n) is 5.00. The van der Waals surface area contributed by atoms with Gasteiger partial charge in [0, 0.05) is 38.3 Å². The third-order valence-corrected chi connectivity index (χ3v) is 3.18. The first kappa shape index (κ1) is 13.0. The predicted octanol–water partition coefficient (Wildman–Crippen LogP) is -0.658. The van der Waals surface area contributed by atoms with E-state index in [1.807, 2.05) is 6.92 Å². The monoisotopic (exact) mass is 251 g/mol. The number of anilines is 1. The highest BCUT2D eigenvalue weighted by Gasteiger charge is 2.15. The van der Waals surface area contributed by atoms with Gasteiger partial charge in [-0.25, -0.2) is 4.68 Å². The third kappa shape index (κ3) is 3.08. The molecule has 100 valence electrons. The van der Waals surface area contributed by atoms with Gasteiger partial charge in [0.15, 0.2) is 0 Å². The first-order valence-corrected chi connectivity index (χ1v) is 6.32. The Morgan fingerprint density at radius 3 is 2.61 bits per heavy atom. The van der Waals surface area contributed by atoms with Gasteiger partial charge in [0.05, 0.1) is 18.4 Å². The summed E-state index contributed by atoms with van der Waals surface area (Å²) in [5.41, 5.74) is 6.51. The van der Waals surface area contributed by atoms with Crippen molar-refractivity contribution in [1.82, 2.24) is 14.7 Å². The van der Waals surface area contributed by atoms with Crippen LogP contribution in [0, 0.1) is 0 Å². The van der Waals surface area contributed by atoms with E-state index in [4.69, 9.17) is 5.73 Å². The zero-order chi connectivity index (χ0) is 13.1. The van der Waals surface area contributed by atoms with Gasteiger partial charge in [-0.05, 0) is 14.0 Å². The molecule has 6 nitrogen and oxygen atoms in total. The van der Waals surface area contributed by atoms with Gasteiger partial charge in [-0.2, -0.15) is 5.10 Å². The number of likely N-dealkylation sites (N-methyl/N-ethyl adjacent to an activating group) is 1. The van der Waals surface area contributed by atoms with Crippen LogP contribution in [0.1, 0.15) is 6.92 Å². The number of nitrogens with two attached hydrogens (primary N) is 1. The fraction of sp³-hybridized carbons (Fsp3) is 0.667. The Kier molecular flexibility index (Phi) is 3.98. The predicted molar refractivity (Wildman–Crippen MR) is 71.9 cm³/mol. The second kappa shape index (κ2) is 5.49. The molecule has 0 bridgehead atoms. The van der Waals surface area contributed by atoms with Crippen LogP contribution in [0.3, 0.4) is 0 Å². The highest BCUT2D eigenvalue weighted by Crippen LogP contribution is 2.11. The maximum absolute atomic E-state index is 11.9. The standard InChI is InChI=1S/C12H21N5O/c1-10(13)9-17-12(18)7-11(8-14-17)16-5-3-15(2)4-6-16/h7-8,10H,3-6,9,13H2,1-2H3/t10-/m0/s1. The molecule has 0 radical (unpaired) electrons. The SMILES string of the molecule is C[C@H](N)Cn1ncc(N2CCN(C)CC2)cc1=O. The smallest absolute Gasteiger partial charge is 0.268 e. The Labute approximate surface area is 107 Å². The van der Waals surface area contributed by atoms with Crippen molar-refractivity contribution in [2.24, 2.45) is 5.73 Å². The van der Waals surface area contributed by atoms with Crippen LogP contribution in [0.25, 0.3) is 0 Å². The second-order valence-corrected chi connectivity index (χ2v) is 5.00. The van der Waals surface area contributed by atoms with E-state index in [1.54, 1.807) is 12.3 Å². The minimum atomic E-state index is -0.0799. The number of nitrogens with zero attached hydrogens (tertiary/aromatic N) is 4.